The molecule has 3 aromatic rings. The van der Waals surface area contributed by atoms with Gasteiger partial charge in [-0.25, -0.2) is 4.98 Å². The zero-order valence-corrected chi connectivity index (χ0v) is 16.3. The van der Waals surface area contributed by atoms with Crippen LogP contribution in [0.1, 0.15) is 17.8 Å². The van der Waals surface area contributed by atoms with Crippen molar-refractivity contribution in [2.24, 2.45) is 5.92 Å². The van der Waals surface area contributed by atoms with Crippen LogP contribution in [-0.2, 0) is 13.0 Å². The summed E-state index contributed by atoms with van der Waals surface area (Å²) in [4.78, 5) is 11.2. The maximum Gasteiger partial charge on any atom is 0.181 e. The molecule has 0 aliphatic carbocycles. The molecule has 2 aromatic heterocycles. The number of benzene rings is 1. The SMILES string of the molecule is COc1cccc(CN2CCC(Cc3nc(-c4ccncc4)n[nH]3)C2)c1OC. The lowest BCUT2D eigenvalue weighted by atomic mass is 10.0. The topological polar surface area (TPSA) is 76.2 Å². The first kappa shape index (κ1) is 18.4. The van der Waals surface area contributed by atoms with E-state index < -0.39 is 0 Å². The number of ether oxygens (including phenoxy) is 2. The van der Waals surface area contributed by atoms with Crippen LogP contribution in [-0.4, -0.2) is 52.4 Å². The molecule has 7 heteroatoms. The van der Waals surface area contributed by atoms with Gasteiger partial charge in [-0.3, -0.25) is 15.0 Å². The molecular formula is C21H25N5O2. The van der Waals surface area contributed by atoms with Crippen molar-refractivity contribution >= 4 is 0 Å². The van der Waals surface area contributed by atoms with Crippen LogP contribution in [0.3, 0.4) is 0 Å². The number of nitrogens with one attached hydrogen (secondary N) is 1. The molecule has 1 saturated heterocycles. The number of nitrogens with zero attached hydrogens (tertiary/aromatic N) is 4. The highest BCUT2D eigenvalue weighted by Crippen LogP contribution is 2.32. The number of hydrogen-bond donors (Lipinski definition) is 1. The largest absolute Gasteiger partial charge is 0.493 e. The minimum atomic E-state index is 0.565. The van der Waals surface area contributed by atoms with Crippen molar-refractivity contribution in [3.05, 3.63) is 54.1 Å². The summed E-state index contributed by atoms with van der Waals surface area (Å²) in [6.45, 7) is 2.96. The molecule has 7 nitrogen and oxygen atoms in total. The molecule has 1 aliphatic rings. The van der Waals surface area contributed by atoms with Gasteiger partial charge < -0.3 is 9.47 Å². The number of hydrogen-bond acceptors (Lipinski definition) is 6. The van der Waals surface area contributed by atoms with E-state index in [1.54, 1.807) is 26.6 Å². The normalized spacial score (nSPS) is 17.0. The Morgan fingerprint density at radius 1 is 1.14 bits per heavy atom. The summed E-state index contributed by atoms with van der Waals surface area (Å²) in [7, 11) is 3.36. The highest BCUT2D eigenvalue weighted by molar-refractivity contribution is 5.52. The first-order valence-electron chi connectivity index (χ1n) is 9.50. The summed E-state index contributed by atoms with van der Waals surface area (Å²) in [5.74, 6) is 3.84. The van der Waals surface area contributed by atoms with Crippen molar-refractivity contribution in [1.82, 2.24) is 25.1 Å². The molecule has 3 heterocycles. The van der Waals surface area contributed by atoms with E-state index in [0.29, 0.717) is 5.92 Å². The van der Waals surface area contributed by atoms with E-state index >= 15 is 0 Å². The smallest absolute Gasteiger partial charge is 0.181 e. The molecule has 28 heavy (non-hydrogen) atoms. The molecule has 0 radical (unpaired) electrons. The number of pyridine rings is 1. The van der Waals surface area contributed by atoms with Crippen molar-refractivity contribution in [3.8, 4) is 22.9 Å². The van der Waals surface area contributed by atoms with Gasteiger partial charge in [-0.2, -0.15) is 5.10 Å². The molecule has 1 atom stereocenters. The van der Waals surface area contributed by atoms with E-state index in [1.165, 1.54) is 0 Å². The van der Waals surface area contributed by atoms with E-state index in [0.717, 1.165) is 66.8 Å². The van der Waals surface area contributed by atoms with Crippen molar-refractivity contribution in [3.63, 3.8) is 0 Å². The quantitative estimate of drug-likeness (QED) is 0.680. The summed E-state index contributed by atoms with van der Waals surface area (Å²) < 4.78 is 11.0. The minimum Gasteiger partial charge on any atom is -0.493 e. The third-order valence-electron chi connectivity index (χ3n) is 5.20. The monoisotopic (exact) mass is 379 g/mol. The maximum absolute atomic E-state index is 5.57. The number of methoxy groups -OCH3 is 2. The second-order valence-electron chi connectivity index (χ2n) is 7.09. The Morgan fingerprint density at radius 2 is 2.00 bits per heavy atom. The first-order chi connectivity index (χ1) is 13.8. The molecule has 1 unspecified atom stereocenters. The summed E-state index contributed by atoms with van der Waals surface area (Å²) in [5, 5.41) is 7.44. The number of likely N-dealkylation sites (tertiary alicyclic amines) is 1. The standard InChI is InChI=1S/C21H25N5O2/c1-27-18-5-3-4-17(20(18)28-2)14-26-11-8-15(13-26)12-19-23-21(25-24-19)16-6-9-22-10-7-16/h3-7,9-10,15H,8,11-14H2,1-2H3,(H,23,24,25). The zero-order valence-electron chi connectivity index (χ0n) is 16.3. The second-order valence-corrected chi connectivity index (χ2v) is 7.09. The summed E-state index contributed by atoms with van der Waals surface area (Å²) in [6.07, 6.45) is 5.57. The Balaban J connectivity index is 1.37. The molecule has 1 N–H and O–H groups in total. The van der Waals surface area contributed by atoms with E-state index in [9.17, 15) is 0 Å². The Hall–Kier alpha value is -2.93. The van der Waals surface area contributed by atoms with E-state index in [-0.39, 0.29) is 0 Å². The first-order valence-corrected chi connectivity index (χ1v) is 9.50. The van der Waals surface area contributed by atoms with Gasteiger partial charge in [0.1, 0.15) is 5.82 Å². The average Bonchev–Trinajstić information content (AvgIpc) is 3.38. The van der Waals surface area contributed by atoms with E-state index in [1.807, 2.05) is 24.3 Å². The van der Waals surface area contributed by atoms with Crippen LogP contribution in [0.2, 0.25) is 0 Å². The average molecular weight is 379 g/mol. The molecule has 0 spiro atoms. The number of para-hydroxylation sites is 1. The van der Waals surface area contributed by atoms with Crippen LogP contribution < -0.4 is 9.47 Å². The Morgan fingerprint density at radius 3 is 2.79 bits per heavy atom. The molecule has 0 amide bonds. The van der Waals surface area contributed by atoms with Crippen molar-refractivity contribution < 1.29 is 9.47 Å². The second kappa shape index (κ2) is 8.39. The molecular weight excluding hydrogens is 354 g/mol. The van der Waals surface area contributed by atoms with Gasteiger partial charge in [-0.1, -0.05) is 12.1 Å². The van der Waals surface area contributed by atoms with Gasteiger partial charge in [-0.05, 0) is 37.1 Å². The van der Waals surface area contributed by atoms with E-state index in [4.69, 9.17) is 9.47 Å². The predicted octanol–water partition coefficient (Wildman–Crippen LogP) is 2.95. The van der Waals surface area contributed by atoms with Crippen LogP contribution >= 0.6 is 0 Å². The molecule has 146 valence electrons. The van der Waals surface area contributed by atoms with Crippen molar-refractivity contribution in [2.75, 3.05) is 27.3 Å². The molecule has 1 aliphatic heterocycles. The fourth-order valence-electron chi connectivity index (χ4n) is 3.83. The molecule has 4 rings (SSSR count). The number of aromatic amines is 1. The van der Waals surface area contributed by atoms with Crippen molar-refractivity contribution in [1.29, 1.82) is 0 Å². The Labute approximate surface area is 164 Å². The molecule has 0 bridgehead atoms. The number of H-pyrrole nitrogens is 1. The van der Waals surface area contributed by atoms with Gasteiger partial charge in [0.05, 0.1) is 14.2 Å². The maximum atomic E-state index is 5.57. The van der Waals surface area contributed by atoms with Crippen LogP contribution in [0.15, 0.2) is 42.7 Å². The van der Waals surface area contributed by atoms with Gasteiger partial charge >= 0.3 is 0 Å². The number of rotatable bonds is 7. The third kappa shape index (κ3) is 3.99. The predicted molar refractivity (Wildman–Crippen MR) is 106 cm³/mol. The van der Waals surface area contributed by atoms with Gasteiger partial charge in [0.25, 0.3) is 0 Å². The highest BCUT2D eigenvalue weighted by atomic mass is 16.5. The zero-order chi connectivity index (χ0) is 19.3. The lowest BCUT2D eigenvalue weighted by Gasteiger charge is -2.19. The summed E-state index contributed by atoms with van der Waals surface area (Å²) in [6, 6.07) is 9.89. The van der Waals surface area contributed by atoms with Crippen LogP contribution in [0.4, 0.5) is 0 Å². The summed E-state index contributed by atoms with van der Waals surface area (Å²) >= 11 is 0. The minimum absolute atomic E-state index is 0.565. The third-order valence-corrected chi connectivity index (χ3v) is 5.20. The van der Waals surface area contributed by atoms with E-state index in [2.05, 4.69) is 31.1 Å². The fraction of sp³-hybridized carbons (Fsp3) is 0.381. The van der Waals surface area contributed by atoms with Gasteiger partial charge in [0, 0.05) is 43.0 Å². The van der Waals surface area contributed by atoms with Crippen LogP contribution in [0.25, 0.3) is 11.4 Å². The number of aromatic nitrogens is 4. The summed E-state index contributed by atoms with van der Waals surface area (Å²) in [5.41, 5.74) is 2.14. The van der Waals surface area contributed by atoms with Crippen LogP contribution in [0, 0.1) is 5.92 Å². The lowest BCUT2D eigenvalue weighted by molar-refractivity contribution is 0.301. The fourth-order valence-corrected chi connectivity index (χ4v) is 3.83. The Kier molecular flexibility index (Phi) is 5.53. The molecule has 1 aromatic carbocycles. The van der Waals surface area contributed by atoms with Gasteiger partial charge in [0.15, 0.2) is 17.3 Å². The Bertz CT molecular complexity index is 912. The molecule has 1 fully saturated rings. The van der Waals surface area contributed by atoms with Crippen LogP contribution in [0.5, 0.6) is 11.5 Å². The van der Waals surface area contributed by atoms with Gasteiger partial charge in [-0.15, -0.1) is 0 Å². The van der Waals surface area contributed by atoms with Gasteiger partial charge in [0.2, 0.25) is 0 Å². The van der Waals surface area contributed by atoms with Crippen molar-refractivity contribution in [2.45, 2.75) is 19.4 Å². The molecule has 0 saturated carbocycles. The lowest BCUT2D eigenvalue weighted by Crippen LogP contribution is -2.21. The highest BCUT2D eigenvalue weighted by Gasteiger charge is 2.25.